The van der Waals surface area contributed by atoms with Gasteiger partial charge in [-0.3, -0.25) is 4.79 Å². The monoisotopic (exact) mass is 209 g/mol. The summed E-state index contributed by atoms with van der Waals surface area (Å²) in [6.07, 6.45) is -4.55. The maximum atomic E-state index is 12.1. The Labute approximate surface area is 76.3 Å². The van der Waals surface area contributed by atoms with Crippen molar-refractivity contribution in [1.29, 1.82) is 0 Å². The molecule has 1 rings (SSSR count). The Morgan fingerprint density at radius 1 is 1.38 bits per heavy atom. The van der Waals surface area contributed by atoms with E-state index < -0.39 is 17.4 Å². The molecule has 0 radical (unpaired) electrons. The van der Waals surface area contributed by atoms with Gasteiger partial charge >= 0.3 is 6.18 Å². The molecule has 1 aromatic rings. The molecule has 0 aromatic carbocycles. The van der Waals surface area contributed by atoms with Crippen LogP contribution < -0.4 is 0 Å². The van der Waals surface area contributed by atoms with Gasteiger partial charge in [0.15, 0.2) is 6.29 Å². The van der Waals surface area contributed by atoms with Crippen LogP contribution in [0.4, 0.5) is 13.2 Å². The van der Waals surface area contributed by atoms with Crippen LogP contribution in [0.15, 0.2) is 12.1 Å². The average Bonchev–Trinajstić information content (AvgIpc) is 2.01. The molecule has 0 unspecified atom stereocenters. The topological polar surface area (TPSA) is 30.0 Å². The van der Waals surface area contributed by atoms with Gasteiger partial charge in [-0.2, -0.15) is 13.2 Å². The maximum Gasteiger partial charge on any atom is 0.418 e. The molecule has 2 nitrogen and oxygen atoms in total. The van der Waals surface area contributed by atoms with Gasteiger partial charge in [0.1, 0.15) is 10.8 Å². The lowest BCUT2D eigenvalue weighted by atomic mass is 10.2. The van der Waals surface area contributed by atoms with E-state index in [0.29, 0.717) is 0 Å². The zero-order valence-electron chi connectivity index (χ0n) is 6.10. The first-order valence-corrected chi connectivity index (χ1v) is 3.52. The molecule has 0 N–H and O–H groups in total. The summed E-state index contributed by atoms with van der Waals surface area (Å²) in [5.74, 6) is 0. The van der Waals surface area contributed by atoms with Gasteiger partial charge in [0.25, 0.3) is 0 Å². The molecule has 1 aromatic heterocycles. The van der Waals surface area contributed by atoms with E-state index in [0.717, 1.165) is 12.1 Å². The summed E-state index contributed by atoms with van der Waals surface area (Å²) in [5, 5.41) is -0.143. The summed E-state index contributed by atoms with van der Waals surface area (Å²) >= 11 is 5.31. The van der Waals surface area contributed by atoms with Gasteiger partial charge in [-0.15, -0.1) is 0 Å². The second kappa shape index (κ2) is 3.33. The third kappa shape index (κ3) is 2.18. The Morgan fingerprint density at radius 3 is 2.46 bits per heavy atom. The van der Waals surface area contributed by atoms with Crippen LogP contribution in [-0.4, -0.2) is 11.3 Å². The fourth-order valence-corrected chi connectivity index (χ4v) is 0.934. The molecule has 1 heterocycles. The molecular weight excluding hydrogens is 207 g/mol. The van der Waals surface area contributed by atoms with Crippen LogP contribution in [0.5, 0.6) is 0 Å². The third-order valence-corrected chi connectivity index (χ3v) is 1.52. The number of alkyl halides is 3. The number of hydrogen-bond acceptors (Lipinski definition) is 2. The maximum absolute atomic E-state index is 12.1. The van der Waals surface area contributed by atoms with Gasteiger partial charge < -0.3 is 0 Å². The lowest BCUT2D eigenvalue weighted by molar-refractivity contribution is -0.138. The normalized spacial score (nSPS) is 11.4. The fraction of sp³-hybridized carbons (Fsp3) is 0.143. The van der Waals surface area contributed by atoms with Crippen molar-refractivity contribution in [3.63, 3.8) is 0 Å². The van der Waals surface area contributed by atoms with Crippen LogP contribution >= 0.6 is 11.6 Å². The largest absolute Gasteiger partial charge is 0.418 e. The van der Waals surface area contributed by atoms with Gasteiger partial charge in [0.05, 0.1) is 5.56 Å². The molecule has 0 atom stereocenters. The Bertz CT molecular complexity index is 337. The molecule has 70 valence electrons. The van der Waals surface area contributed by atoms with Gasteiger partial charge in [0.2, 0.25) is 0 Å². The van der Waals surface area contributed by atoms with Crippen LogP contribution in [0.3, 0.4) is 0 Å². The van der Waals surface area contributed by atoms with Crippen LogP contribution in [0.25, 0.3) is 0 Å². The van der Waals surface area contributed by atoms with Crippen LogP contribution in [0.1, 0.15) is 16.1 Å². The van der Waals surface area contributed by atoms with Crippen molar-refractivity contribution in [2.75, 3.05) is 0 Å². The lowest BCUT2D eigenvalue weighted by Gasteiger charge is -2.07. The average molecular weight is 210 g/mol. The SMILES string of the molecule is O=Cc1nc(Cl)ccc1C(F)(F)F. The number of carbonyl (C=O) groups is 1. The zero-order chi connectivity index (χ0) is 10.1. The van der Waals surface area contributed by atoms with Gasteiger partial charge in [-0.1, -0.05) is 11.6 Å². The molecule has 0 spiro atoms. The molecule has 13 heavy (non-hydrogen) atoms. The number of halogens is 4. The van der Waals surface area contributed by atoms with E-state index in [1.165, 1.54) is 0 Å². The molecule has 0 aliphatic heterocycles. The highest BCUT2D eigenvalue weighted by atomic mass is 35.5. The highest BCUT2D eigenvalue weighted by molar-refractivity contribution is 6.29. The van der Waals surface area contributed by atoms with Crippen molar-refractivity contribution in [1.82, 2.24) is 4.98 Å². The molecule has 0 fully saturated rings. The number of hydrogen-bond donors (Lipinski definition) is 0. The van der Waals surface area contributed by atoms with Gasteiger partial charge in [0, 0.05) is 0 Å². The first kappa shape index (κ1) is 9.98. The summed E-state index contributed by atoms with van der Waals surface area (Å²) in [4.78, 5) is 13.4. The van der Waals surface area contributed by atoms with E-state index in [-0.39, 0.29) is 11.4 Å². The molecule has 0 aliphatic carbocycles. The summed E-state index contributed by atoms with van der Waals surface area (Å²) in [5.41, 5.74) is -1.77. The van der Waals surface area contributed by atoms with Crippen LogP contribution in [0.2, 0.25) is 5.15 Å². The standard InChI is InChI=1S/C7H3ClF3NO/c8-6-2-1-4(7(9,10)11)5(3-13)12-6/h1-3H. The van der Waals surface area contributed by atoms with Crippen molar-refractivity contribution < 1.29 is 18.0 Å². The minimum Gasteiger partial charge on any atom is -0.296 e. The highest BCUT2D eigenvalue weighted by Gasteiger charge is 2.34. The molecule has 0 amide bonds. The Kier molecular flexibility index (Phi) is 2.56. The smallest absolute Gasteiger partial charge is 0.296 e. The molecule has 6 heteroatoms. The van der Waals surface area contributed by atoms with Gasteiger partial charge in [-0.05, 0) is 12.1 Å². The Balaban J connectivity index is 3.29. The fourth-order valence-electron chi connectivity index (χ4n) is 0.780. The third-order valence-electron chi connectivity index (χ3n) is 1.31. The van der Waals surface area contributed by atoms with Crippen LogP contribution in [-0.2, 0) is 6.18 Å². The molecular formula is C7H3ClF3NO. The number of rotatable bonds is 1. The molecule has 0 bridgehead atoms. The van der Waals surface area contributed by atoms with Crippen molar-refractivity contribution in [3.05, 3.63) is 28.5 Å². The summed E-state index contributed by atoms with van der Waals surface area (Å²) < 4.78 is 36.4. The summed E-state index contributed by atoms with van der Waals surface area (Å²) in [7, 11) is 0. The molecule has 0 saturated heterocycles. The zero-order valence-corrected chi connectivity index (χ0v) is 6.86. The van der Waals surface area contributed by atoms with E-state index >= 15 is 0 Å². The second-order valence-electron chi connectivity index (χ2n) is 2.18. The van der Waals surface area contributed by atoms with Gasteiger partial charge in [-0.25, -0.2) is 4.98 Å². The van der Waals surface area contributed by atoms with E-state index in [1.54, 1.807) is 0 Å². The minimum atomic E-state index is -4.58. The first-order valence-electron chi connectivity index (χ1n) is 3.14. The quantitative estimate of drug-likeness (QED) is 0.526. The molecule has 0 saturated carbocycles. The first-order chi connectivity index (χ1) is 5.95. The van der Waals surface area contributed by atoms with Crippen molar-refractivity contribution >= 4 is 17.9 Å². The van der Waals surface area contributed by atoms with E-state index in [9.17, 15) is 18.0 Å². The van der Waals surface area contributed by atoms with Crippen molar-refractivity contribution in [2.45, 2.75) is 6.18 Å². The van der Waals surface area contributed by atoms with Crippen LogP contribution in [0, 0.1) is 0 Å². The number of pyridine rings is 1. The van der Waals surface area contributed by atoms with Crippen molar-refractivity contribution in [3.8, 4) is 0 Å². The number of carbonyl (C=O) groups excluding carboxylic acids is 1. The number of nitrogens with zero attached hydrogens (tertiary/aromatic N) is 1. The number of aldehydes is 1. The predicted octanol–water partition coefficient (Wildman–Crippen LogP) is 2.57. The lowest BCUT2D eigenvalue weighted by Crippen LogP contribution is -2.10. The van der Waals surface area contributed by atoms with E-state index in [4.69, 9.17) is 11.6 Å². The predicted molar refractivity (Wildman–Crippen MR) is 39.6 cm³/mol. The minimum absolute atomic E-state index is 0.0225. The second-order valence-corrected chi connectivity index (χ2v) is 2.57. The van der Waals surface area contributed by atoms with E-state index in [2.05, 4.69) is 4.98 Å². The Hall–Kier alpha value is -1.10. The highest BCUT2D eigenvalue weighted by Crippen LogP contribution is 2.31. The van der Waals surface area contributed by atoms with E-state index in [1.807, 2.05) is 0 Å². The summed E-state index contributed by atoms with van der Waals surface area (Å²) in [6, 6.07) is 1.70. The number of aromatic nitrogens is 1. The molecule has 0 aliphatic rings. The Morgan fingerprint density at radius 2 is 2.00 bits per heavy atom. The van der Waals surface area contributed by atoms with Crippen molar-refractivity contribution in [2.24, 2.45) is 0 Å². The summed E-state index contributed by atoms with van der Waals surface area (Å²) in [6.45, 7) is 0.